The highest BCUT2D eigenvalue weighted by molar-refractivity contribution is 6.83. The van der Waals surface area contributed by atoms with E-state index in [2.05, 4.69) is 119 Å². The fourth-order valence-electron chi connectivity index (χ4n) is 6.67. The Kier molecular flexibility index (Phi) is 11.5. The highest BCUT2D eigenvalue weighted by Gasteiger charge is 2.41. The van der Waals surface area contributed by atoms with Crippen LogP contribution in [-0.4, -0.2) is 42.1 Å². The van der Waals surface area contributed by atoms with Crippen molar-refractivity contribution in [3.8, 4) is 17.2 Å². The SMILES string of the molecule is COc1ccc(C2CCC(CN(C(=O)C3CCC(O[Si](C)(C)C(C)(C)C)CC3)c3cccc(C#C[Si](C)(C)C)c3)CC2)cc1C. The molecule has 0 unspecified atom stereocenters. The van der Waals surface area contributed by atoms with Crippen molar-refractivity contribution in [1.82, 2.24) is 0 Å². The molecular weight excluding hydrogens is 587 g/mol. The minimum Gasteiger partial charge on any atom is -0.496 e. The number of methoxy groups -OCH3 is 1. The molecule has 0 aliphatic heterocycles. The van der Waals surface area contributed by atoms with Gasteiger partial charge in [-0.15, -0.1) is 5.54 Å². The van der Waals surface area contributed by atoms with Gasteiger partial charge in [0.25, 0.3) is 0 Å². The van der Waals surface area contributed by atoms with Crippen LogP contribution >= 0.6 is 0 Å². The van der Waals surface area contributed by atoms with Crippen LogP contribution in [-0.2, 0) is 9.22 Å². The van der Waals surface area contributed by atoms with Gasteiger partial charge in [0.2, 0.25) is 5.91 Å². The summed E-state index contributed by atoms with van der Waals surface area (Å²) >= 11 is 0. The predicted octanol–water partition coefficient (Wildman–Crippen LogP) is 10.1. The summed E-state index contributed by atoms with van der Waals surface area (Å²) in [6.07, 6.45) is 8.66. The molecule has 246 valence electrons. The van der Waals surface area contributed by atoms with Gasteiger partial charge in [-0.25, -0.2) is 0 Å². The lowest BCUT2D eigenvalue weighted by atomic mass is 9.78. The number of nitrogens with zero attached hydrogens (tertiary/aromatic N) is 1. The van der Waals surface area contributed by atoms with E-state index in [1.54, 1.807) is 7.11 Å². The summed E-state index contributed by atoms with van der Waals surface area (Å²) in [4.78, 5) is 16.5. The van der Waals surface area contributed by atoms with E-state index in [4.69, 9.17) is 9.16 Å². The number of ether oxygens (including phenoxy) is 1. The van der Waals surface area contributed by atoms with E-state index >= 15 is 0 Å². The summed E-state index contributed by atoms with van der Waals surface area (Å²) in [5.41, 5.74) is 8.16. The molecule has 0 bridgehead atoms. The van der Waals surface area contributed by atoms with E-state index in [1.165, 1.54) is 11.1 Å². The molecule has 0 aromatic heterocycles. The number of anilines is 1. The van der Waals surface area contributed by atoms with Crippen LogP contribution in [0.25, 0.3) is 0 Å². The van der Waals surface area contributed by atoms with Crippen molar-refractivity contribution < 1.29 is 14.0 Å². The Morgan fingerprint density at radius 1 is 0.911 bits per heavy atom. The van der Waals surface area contributed by atoms with Crippen molar-refractivity contribution in [2.24, 2.45) is 11.8 Å². The molecule has 4 nitrogen and oxygen atoms in total. The summed E-state index contributed by atoms with van der Waals surface area (Å²) in [7, 11) is -1.59. The van der Waals surface area contributed by atoms with Crippen LogP contribution in [0, 0.1) is 30.2 Å². The van der Waals surface area contributed by atoms with E-state index in [1.807, 2.05) is 0 Å². The second-order valence-electron chi connectivity index (χ2n) is 16.3. The summed E-state index contributed by atoms with van der Waals surface area (Å²) in [6, 6.07) is 15.1. The lowest BCUT2D eigenvalue weighted by molar-refractivity contribution is -0.124. The first kappa shape index (κ1) is 35.5. The van der Waals surface area contributed by atoms with Gasteiger partial charge in [-0.1, -0.05) is 64.5 Å². The van der Waals surface area contributed by atoms with Crippen molar-refractivity contribution in [3.05, 3.63) is 59.2 Å². The molecular formula is C39H59NO3Si2. The number of carbonyl (C=O) groups excluding carboxylic acids is 1. The number of rotatable bonds is 8. The van der Waals surface area contributed by atoms with Gasteiger partial charge in [0.1, 0.15) is 13.8 Å². The van der Waals surface area contributed by atoms with Crippen molar-refractivity contribution in [2.75, 3.05) is 18.6 Å². The first-order valence-corrected chi connectivity index (χ1v) is 23.7. The number of hydrogen-bond acceptors (Lipinski definition) is 3. The van der Waals surface area contributed by atoms with Crippen LogP contribution in [0.2, 0.25) is 37.8 Å². The van der Waals surface area contributed by atoms with E-state index in [0.717, 1.165) is 74.9 Å². The Hall–Kier alpha value is -2.34. The normalized spacial score (nSPS) is 22.7. The molecule has 2 aliphatic rings. The molecule has 2 saturated carbocycles. The third kappa shape index (κ3) is 9.59. The summed E-state index contributed by atoms with van der Waals surface area (Å²) < 4.78 is 12.3. The Morgan fingerprint density at radius 3 is 2.16 bits per heavy atom. The molecule has 1 amide bonds. The van der Waals surface area contributed by atoms with E-state index in [-0.39, 0.29) is 17.1 Å². The monoisotopic (exact) mass is 645 g/mol. The van der Waals surface area contributed by atoms with Gasteiger partial charge in [0.15, 0.2) is 8.32 Å². The van der Waals surface area contributed by atoms with Gasteiger partial charge in [0.05, 0.1) is 7.11 Å². The molecule has 0 saturated heterocycles. The largest absolute Gasteiger partial charge is 0.496 e. The molecule has 2 fully saturated rings. The molecule has 0 N–H and O–H groups in total. The lowest BCUT2D eigenvalue weighted by Gasteiger charge is -2.41. The zero-order valence-electron chi connectivity index (χ0n) is 29.9. The molecule has 45 heavy (non-hydrogen) atoms. The van der Waals surface area contributed by atoms with Crippen molar-refractivity contribution in [2.45, 2.75) is 129 Å². The maximum atomic E-state index is 14.4. The zero-order valence-corrected chi connectivity index (χ0v) is 31.9. The highest BCUT2D eigenvalue weighted by atomic mass is 28.4. The molecule has 0 heterocycles. The highest BCUT2D eigenvalue weighted by Crippen LogP contribution is 2.41. The number of carbonyl (C=O) groups is 1. The molecule has 0 atom stereocenters. The lowest BCUT2D eigenvalue weighted by Crippen LogP contribution is -2.46. The molecule has 4 rings (SSSR count). The third-order valence-corrected chi connectivity index (χ3v) is 15.9. The summed E-state index contributed by atoms with van der Waals surface area (Å²) in [5.74, 6) is 5.81. The maximum Gasteiger partial charge on any atom is 0.230 e. The average Bonchev–Trinajstić information content (AvgIpc) is 2.98. The van der Waals surface area contributed by atoms with Crippen molar-refractivity contribution in [1.29, 1.82) is 0 Å². The van der Waals surface area contributed by atoms with Gasteiger partial charge >= 0.3 is 0 Å². The van der Waals surface area contributed by atoms with Crippen LogP contribution in [0.15, 0.2) is 42.5 Å². The minimum atomic E-state index is -1.82. The fraction of sp³-hybridized carbons (Fsp3) is 0.615. The van der Waals surface area contributed by atoms with Gasteiger partial charge < -0.3 is 14.1 Å². The third-order valence-electron chi connectivity index (χ3n) is 10.5. The number of aryl methyl sites for hydroxylation is 1. The van der Waals surface area contributed by atoms with Crippen molar-refractivity contribution >= 4 is 28.0 Å². The zero-order chi connectivity index (χ0) is 33.0. The van der Waals surface area contributed by atoms with Crippen LogP contribution in [0.4, 0.5) is 5.69 Å². The van der Waals surface area contributed by atoms with Crippen LogP contribution < -0.4 is 9.64 Å². The minimum absolute atomic E-state index is 0.0552. The van der Waals surface area contributed by atoms with Gasteiger partial charge in [-0.05, 0) is 124 Å². The molecule has 2 aromatic carbocycles. The maximum absolute atomic E-state index is 14.4. The predicted molar refractivity (Wildman–Crippen MR) is 195 cm³/mol. The van der Waals surface area contributed by atoms with Gasteiger partial charge in [-0.3, -0.25) is 4.79 Å². The van der Waals surface area contributed by atoms with E-state index < -0.39 is 16.4 Å². The number of amides is 1. The Balaban J connectivity index is 1.48. The van der Waals surface area contributed by atoms with Crippen LogP contribution in [0.1, 0.15) is 94.7 Å². The average molecular weight is 646 g/mol. The first-order chi connectivity index (χ1) is 21.1. The Labute approximate surface area is 276 Å². The summed E-state index contributed by atoms with van der Waals surface area (Å²) in [6.45, 7) is 21.3. The second kappa shape index (κ2) is 14.6. The molecule has 2 aliphatic carbocycles. The van der Waals surface area contributed by atoms with Gasteiger partial charge in [-0.2, -0.15) is 0 Å². The molecule has 0 spiro atoms. The number of benzene rings is 2. The van der Waals surface area contributed by atoms with Crippen molar-refractivity contribution in [3.63, 3.8) is 0 Å². The van der Waals surface area contributed by atoms with E-state index in [9.17, 15) is 4.79 Å². The first-order valence-electron chi connectivity index (χ1n) is 17.3. The smallest absolute Gasteiger partial charge is 0.230 e. The Bertz CT molecular complexity index is 1360. The fourth-order valence-corrected chi connectivity index (χ4v) is 8.61. The molecule has 2 aromatic rings. The molecule has 0 radical (unpaired) electrons. The van der Waals surface area contributed by atoms with Crippen LogP contribution in [0.5, 0.6) is 5.75 Å². The van der Waals surface area contributed by atoms with E-state index in [0.29, 0.717) is 17.7 Å². The summed E-state index contributed by atoms with van der Waals surface area (Å²) in [5, 5.41) is 0.199. The van der Waals surface area contributed by atoms with Gasteiger partial charge in [0, 0.05) is 29.8 Å². The standard InChI is InChI=1S/C39H59NO3Si2/c1-29-26-34(20-23-37(29)42-5)32-16-14-31(15-17-32)28-40(35-13-11-12-30(27-35)24-25-44(6,7)8)38(41)33-18-21-36(22-19-33)43-45(9,10)39(2,3)4/h11-13,20,23,26-27,31-33,36H,14-19,21-22,28H2,1-10H3. The van der Waals surface area contributed by atoms with Crippen LogP contribution in [0.3, 0.4) is 0 Å². The topological polar surface area (TPSA) is 38.8 Å². The quantitative estimate of drug-likeness (QED) is 0.212. The Morgan fingerprint density at radius 2 is 1.58 bits per heavy atom. The molecule has 6 heteroatoms. The second-order valence-corrected chi connectivity index (χ2v) is 25.8. The number of hydrogen-bond donors (Lipinski definition) is 0.